The number of rotatable bonds is 7. The van der Waals surface area contributed by atoms with Crippen molar-refractivity contribution in [2.75, 3.05) is 5.32 Å². The molecule has 1 heterocycles. The van der Waals surface area contributed by atoms with Crippen LogP contribution >= 0.6 is 11.6 Å². The Labute approximate surface area is 167 Å². The number of aryl methyl sites for hydroxylation is 1. The lowest BCUT2D eigenvalue weighted by Crippen LogP contribution is -2.38. The summed E-state index contributed by atoms with van der Waals surface area (Å²) in [5.74, 6) is -0.489. The first-order chi connectivity index (χ1) is 13.4. The average molecular weight is 402 g/mol. The maximum Gasteiger partial charge on any atom is 0.234 e. The molecule has 28 heavy (non-hydrogen) atoms. The van der Waals surface area contributed by atoms with Crippen LogP contribution in [0.4, 0.5) is 15.9 Å². The van der Waals surface area contributed by atoms with Gasteiger partial charge in [0.05, 0.1) is 22.3 Å². The van der Waals surface area contributed by atoms with E-state index in [4.69, 9.17) is 17.3 Å². The zero-order valence-electron chi connectivity index (χ0n) is 15.6. The molecule has 0 radical (unpaired) electrons. The molecule has 4 N–H and O–H groups in total. The van der Waals surface area contributed by atoms with Gasteiger partial charge in [-0.3, -0.25) is 4.79 Å². The Bertz CT molecular complexity index is 1030. The van der Waals surface area contributed by atoms with Gasteiger partial charge in [-0.2, -0.15) is 0 Å². The van der Waals surface area contributed by atoms with Crippen LogP contribution in [0, 0.1) is 5.82 Å². The van der Waals surface area contributed by atoms with Gasteiger partial charge in [-0.1, -0.05) is 24.6 Å². The van der Waals surface area contributed by atoms with E-state index in [2.05, 4.69) is 20.6 Å². The first kappa shape index (κ1) is 20.0. The molecule has 0 aliphatic carbocycles. The minimum Gasteiger partial charge on any atom is -0.368 e. The zero-order chi connectivity index (χ0) is 20.3. The molecular weight excluding hydrogens is 381 g/mol. The number of primary amides is 1. The van der Waals surface area contributed by atoms with E-state index in [9.17, 15) is 9.18 Å². The van der Waals surface area contributed by atoms with Crippen molar-refractivity contribution in [3.8, 4) is 0 Å². The standard InChI is InChI=1S/C20H21ClFN5O/c1-3-12-8-17-14(7-13(12)9-24-11(2)19(23)28)20(26-10-25-17)27-16-6-4-5-15(21)18(16)22/h4-8,10-11,24H,3,9H2,1-2H3,(H2,23,28)(H,25,26,27)/t11-/m1/s1. The number of nitrogens with two attached hydrogens (primary N) is 1. The van der Waals surface area contributed by atoms with Crippen LogP contribution in [0.3, 0.4) is 0 Å². The third-order valence-corrected chi connectivity index (χ3v) is 4.86. The first-order valence-electron chi connectivity index (χ1n) is 8.91. The van der Waals surface area contributed by atoms with Crippen LogP contribution in [-0.4, -0.2) is 21.9 Å². The van der Waals surface area contributed by atoms with Crippen molar-refractivity contribution in [3.05, 3.63) is 58.6 Å². The fraction of sp³-hybridized carbons (Fsp3) is 0.250. The third-order valence-electron chi connectivity index (χ3n) is 4.57. The highest BCUT2D eigenvalue weighted by molar-refractivity contribution is 6.31. The minimum atomic E-state index is -0.543. The lowest BCUT2D eigenvalue weighted by atomic mass is 10.0. The van der Waals surface area contributed by atoms with Gasteiger partial charge in [0, 0.05) is 11.9 Å². The molecule has 3 rings (SSSR count). The molecule has 3 aromatic rings. The molecule has 2 aromatic carbocycles. The van der Waals surface area contributed by atoms with Gasteiger partial charge in [-0.15, -0.1) is 0 Å². The second-order valence-electron chi connectivity index (χ2n) is 6.45. The fourth-order valence-electron chi connectivity index (χ4n) is 2.88. The summed E-state index contributed by atoms with van der Waals surface area (Å²) in [5.41, 5.74) is 8.38. The Morgan fingerprint density at radius 1 is 1.29 bits per heavy atom. The van der Waals surface area contributed by atoms with Gasteiger partial charge in [-0.05, 0) is 48.7 Å². The van der Waals surface area contributed by atoms with Gasteiger partial charge >= 0.3 is 0 Å². The lowest BCUT2D eigenvalue weighted by Gasteiger charge is -2.15. The van der Waals surface area contributed by atoms with Crippen LogP contribution in [0.15, 0.2) is 36.7 Å². The molecule has 1 aromatic heterocycles. The highest BCUT2D eigenvalue weighted by atomic mass is 35.5. The highest BCUT2D eigenvalue weighted by Gasteiger charge is 2.14. The second kappa shape index (κ2) is 8.50. The number of hydrogen-bond acceptors (Lipinski definition) is 5. The number of nitrogens with zero attached hydrogens (tertiary/aromatic N) is 2. The number of hydrogen-bond donors (Lipinski definition) is 3. The Morgan fingerprint density at radius 3 is 2.79 bits per heavy atom. The molecule has 0 aliphatic rings. The normalized spacial score (nSPS) is 12.1. The van der Waals surface area contributed by atoms with Crippen molar-refractivity contribution < 1.29 is 9.18 Å². The van der Waals surface area contributed by atoms with E-state index in [1.807, 2.05) is 19.1 Å². The fourth-order valence-corrected chi connectivity index (χ4v) is 3.05. The molecule has 0 spiro atoms. The molecule has 0 fully saturated rings. The van der Waals surface area contributed by atoms with Gasteiger partial charge in [0.25, 0.3) is 0 Å². The van der Waals surface area contributed by atoms with E-state index < -0.39 is 17.8 Å². The van der Waals surface area contributed by atoms with Gasteiger partial charge < -0.3 is 16.4 Å². The number of benzene rings is 2. The van der Waals surface area contributed by atoms with E-state index in [1.165, 1.54) is 12.4 Å². The van der Waals surface area contributed by atoms with Crippen LogP contribution in [0.2, 0.25) is 5.02 Å². The molecule has 146 valence electrons. The molecule has 6 nitrogen and oxygen atoms in total. The number of carbonyl (C=O) groups excluding carboxylic acids is 1. The van der Waals surface area contributed by atoms with E-state index in [-0.39, 0.29) is 10.7 Å². The summed E-state index contributed by atoms with van der Waals surface area (Å²) >= 11 is 5.87. The van der Waals surface area contributed by atoms with Gasteiger partial charge in [0.1, 0.15) is 12.1 Å². The van der Waals surface area contributed by atoms with E-state index in [1.54, 1.807) is 19.1 Å². The van der Waals surface area contributed by atoms with Crippen LogP contribution < -0.4 is 16.4 Å². The zero-order valence-corrected chi connectivity index (χ0v) is 16.3. The number of nitrogens with one attached hydrogen (secondary N) is 2. The van der Waals surface area contributed by atoms with Gasteiger partial charge in [0.2, 0.25) is 5.91 Å². The summed E-state index contributed by atoms with van der Waals surface area (Å²) in [6.07, 6.45) is 2.23. The summed E-state index contributed by atoms with van der Waals surface area (Å²) in [7, 11) is 0. The number of amides is 1. The maximum absolute atomic E-state index is 14.3. The quantitative estimate of drug-likeness (QED) is 0.561. The molecule has 1 atom stereocenters. The Morgan fingerprint density at radius 2 is 2.07 bits per heavy atom. The number of carbonyl (C=O) groups is 1. The highest BCUT2D eigenvalue weighted by Crippen LogP contribution is 2.29. The van der Waals surface area contributed by atoms with Crippen LogP contribution in [-0.2, 0) is 17.8 Å². The summed E-state index contributed by atoms with van der Waals surface area (Å²) in [4.78, 5) is 19.9. The summed E-state index contributed by atoms with van der Waals surface area (Å²) in [5, 5.41) is 6.88. The average Bonchev–Trinajstić information content (AvgIpc) is 2.69. The van der Waals surface area contributed by atoms with Crippen molar-refractivity contribution in [1.29, 1.82) is 0 Å². The Kier molecular flexibility index (Phi) is 6.06. The SMILES string of the molecule is CCc1cc2ncnc(Nc3cccc(Cl)c3F)c2cc1CN[C@H](C)C(N)=O. The smallest absolute Gasteiger partial charge is 0.234 e. The maximum atomic E-state index is 14.3. The van der Waals surface area contributed by atoms with Crippen molar-refractivity contribution in [2.45, 2.75) is 32.9 Å². The number of anilines is 2. The summed E-state index contributed by atoms with van der Waals surface area (Å²) < 4.78 is 14.3. The molecular formula is C20H21ClFN5O. The summed E-state index contributed by atoms with van der Waals surface area (Å²) in [6, 6.07) is 8.20. The third kappa shape index (κ3) is 4.21. The largest absolute Gasteiger partial charge is 0.368 e. The first-order valence-corrected chi connectivity index (χ1v) is 9.28. The molecule has 0 saturated heterocycles. The summed E-state index contributed by atoms with van der Waals surface area (Å²) in [6.45, 7) is 4.22. The molecule has 0 aliphatic heterocycles. The second-order valence-corrected chi connectivity index (χ2v) is 6.85. The van der Waals surface area contributed by atoms with Gasteiger partial charge in [-0.25, -0.2) is 14.4 Å². The molecule has 1 amide bonds. The van der Waals surface area contributed by atoms with Gasteiger partial charge in [0.15, 0.2) is 5.82 Å². The van der Waals surface area contributed by atoms with E-state index >= 15 is 0 Å². The van der Waals surface area contributed by atoms with Crippen molar-refractivity contribution in [2.24, 2.45) is 5.73 Å². The number of aromatic nitrogens is 2. The predicted molar refractivity (Wildman–Crippen MR) is 109 cm³/mol. The molecule has 0 unspecified atom stereocenters. The number of halogens is 2. The molecule has 0 saturated carbocycles. The topological polar surface area (TPSA) is 92.9 Å². The van der Waals surface area contributed by atoms with Crippen LogP contribution in [0.1, 0.15) is 25.0 Å². The van der Waals surface area contributed by atoms with Crippen LogP contribution in [0.5, 0.6) is 0 Å². The van der Waals surface area contributed by atoms with Crippen molar-refractivity contribution in [3.63, 3.8) is 0 Å². The van der Waals surface area contributed by atoms with Crippen LogP contribution in [0.25, 0.3) is 10.9 Å². The predicted octanol–water partition coefficient (Wildman–Crippen LogP) is 3.69. The monoisotopic (exact) mass is 401 g/mol. The number of fused-ring (bicyclic) bond motifs is 1. The van der Waals surface area contributed by atoms with Crippen molar-refractivity contribution >= 4 is 39.9 Å². The Hall–Kier alpha value is -2.77. The minimum absolute atomic E-state index is 0.0296. The van der Waals surface area contributed by atoms with E-state index in [0.717, 1.165) is 28.5 Å². The molecule has 0 bridgehead atoms. The van der Waals surface area contributed by atoms with Crippen molar-refractivity contribution in [1.82, 2.24) is 15.3 Å². The molecule has 8 heteroatoms. The lowest BCUT2D eigenvalue weighted by molar-refractivity contribution is -0.119. The Balaban J connectivity index is 2.01. The van der Waals surface area contributed by atoms with E-state index in [0.29, 0.717) is 12.4 Å².